The quantitative estimate of drug-likeness (QED) is 0.462. The van der Waals surface area contributed by atoms with Crippen LogP contribution in [0.2, 0.25) is 0 Å². The van der Waals surface area contributed by atoms with Crippen molar-refractivity contribution in [3.63, 3.8) is 0 Å². The Labute approximate surface area is 200 Å². The van der Waals surface area contributed by atoms with E-state index in [1.54, 1.807) is 12.4 Å². The van der Waals surface area contributed by atoms with Crippen LogP contribution in [0.15, 0.2) is 48.8 Å². The SMILES string of the molecule is O=C(O)C(c1cncc2ccccc12)N1CC[C@@H](OCCCCc2ccc3c(n2)NCCC3)C1. The summed E-state index contributed by atoms with van der Waals surface area (Å²) in [5, 5.41) is 15.3. The molecule has 0 saturated carbocycles. The van der Waals surface area contributed by atoms with Crippen molar-refractivity contribution < 1.29 is 14.6 Å². The van der Waals surface area contributed by atoms with Gasteiger partial charge in [0.25, 0.3) is 0 Å². The van der Waals surface area contributed by atoms with E-state index in [0.717, 1.165) is 66.5 Å². The van der Waals surface area contributed by atoms with E-state index in [9.17, 15) is 9.90 Å². The van der Waals surface area contributed by atoms with Crippen LogP contribution in [-0.2, 0) is 22.4 Å². The zero-order valence-electron chi connectivity index (χ0n) is 19.4. The molecule has 0 aliphatic carbocycles. The number of likely N-dealkylation sites (tertiary alicyclic amines) is 1. The number of pyridine rings is 2. The summed E-state index contributed by atoms with van der Waals surface area (Å²) < 4.78 is 6.13. The van der Waals surface area contributed by atoms with Crippen LogP contribution in [0.1, 0.15) is 48.5 Å². The minimum Gasteiger partial charge on any atom is -0.480 e. The van der Waals surface area contributed by atoms with Gasteiger partial charge in [0, 0.05) is 55.3 Å². The summed E-state index contributed by atoms with van der Waals surface area (Å²) in [6, 6.07) is 11.5. The molecule has 0 radical (unpaired) electrons. The molecule has 1 saturated heterocycles. The van der Waals surface area contributed by atoms with E-state index in [0.29, 0.717) is 19.7 Å². The number of aryl methyl sites for hydroxylation is 2. The Morgan fingerprint density at radius 1 is 1.21 bits per heavy atom. The third kappa shape index (κ3) is 5.05. The second kappa shape index (κ2) is 10.5. The average molecular weight is 461 g/mol. The highest BCUT2D eigenvalue weighted by atomic mass is 16.5. The van der Waals surface area contributed by atoms with Crippen LogP contribution >= 0.6 is 0 Å². The zero-order valence-corrected chi connectivity index (χ0v) is 19.4. The highest BCUT2D eigenvalue weighted by Crippen LogP contribution is 2.31. The van der Waals surface area contributed by atoms with Gasteiger partial charge < -0.3 is 15.2 Å². The first-order chi connectivity index (χ1) is 16.7. The van der Waals surface area contributed by atoms with Crippen molar-refractivity contribution >= 4 is 22.6 Å². The summed E-state index contributed by atoms with van der Waals surface area (Å²) in [5.41, 5.74) is 3.20. The van der Waals surface area contributed by atoms with Gasteiger partial charge in [-0.1, -0.05) is 30.3 Å². The molecule has 0 bridgehead atoms. The zero-order chi connectivity index (χ0) is 23.3. The standard InChI is InChI=1S/C27H32N4O3/c32-27(33)25(24-17-28-16-20-6-1-2-9-23(20)24)31-14-12-22(18-31)34-15-4-3-8-21-11-10-19-7-5-13-29-26(19)30-21/h1-2,6,9-11,16-17,22,25H,3-5,7-8,12-15,18H2,(H,29,30)(H,32,33)/t22-,25?/m1/s1. The molecule has 2 aliphatic heterocycles. The molecule has 0 amide bonds. The maximum atomic E-state index is 12.2. The van der Waals surface area contributed by atoms with E-state index in [1.165, 1.54) is 12.0 Å². The van der Waals surface area contributed by atoms with E-state index < -0.39 is 12.0 Å². The topological polar surface area (TPSA) is 87.6 Å². The fourth-order valence-corrected chi connectivity index (χ4v) is 5.13. The molecular formula is C27H32N4O3. The monoisotopic (exact) mass is 460 g/mol. The Balaban J connectivity index is 1.12. The summed E-state index contributed by atoms with van der Waals surface area (Å²) in [7, 11) is 0. The van der Waals surface area contributed by atoms with Gasteiger partial charge in [-0.2, -0.15) is 0 Å². The molecule has 178 valence electrons. The van der Waals surface area contributed by atoms with E-state index >= 15 is 0 Å². The summed E-state index contributed by atoms with van der Waals surface area (Å²) in [5.74, 6) is 0.214. The molecule has 2 aliphatic rings. The van der Waals surface area contributed by atoms with Gasteiger partial charge >= 0.3 is 5.97 Å². The number of aromatic nitrogens is 2. The van der Waals surface area contributed by atoms with Gasteiger partial charge in [0.2, 0.25) is 0 Å². The van der Waals surface area contributed by atoms with Gasteiger partial charge in [-0.25, -0.2) is 4.98 Å². The van der Waals surface area contributed by atoms with Crippen molar-refractivity contribution in [2.75, 3.05) is 31.6 Å². The maximum absolute atomic E-state index is 12.2. The summed E-state index contributed by atoms with van der Waals surface area (Å²) in [4.78, 5) is 23.3. The van der Waals surface area contributed by atoms with E-state index in [1.807, 2.05) is 29.2 Å². The number of carboxylic acid groups (broad SMARTS) is 1. The largest absolute Gasteiger partial charge is 0.480 e. The lowest BCUT2D eigenvalue weighted by Gasteiger charge is -2.25. The molecule has 0 spiro atoms. The number of hydrogen-bond donors (Lipinski definition) is 2. The van der Waals surface area contributed by atoms with Crippen LogP contribution in [-0.4, -0.2) is 58.3 Å². The first-order valence-corrected chi connectivity index (χ1v) is 12.3. The van der Waals surface area contributed by atoms with Crippen LogP contribution in [0, 0.1) is 0 Å². The van der Waals surface area contributed by atoms with Crippen LogP contribution in [0.25, 0.3) is 10.8 Å². The Morgan fingerprint density at radius 2 is 2.12 bits per heavy atom. The van der Waals surface area contributed by atoms with Gasteiger partial charge in [-0.15, -0.1) is 0 Å². The second-order valence-corrected chi connectivity index (χ2v) is 9.26. The molecule has 2 aromatic heterocycles. The molecule has 1 aromatic carbocycles. The highest BCUT2D eigenvalue weighted by molar-refractivity contribution is 5.89. The smallest absolute Gasteiger partial charge is 0.325 e. The molecule has 3 aromatic rings. The highest BCUT2D eigenvalue weighted by Gasteiger charge is 2.35. The molecule has 4 heterocycles. The number of nitrogens with one attached hydrogen (secondary N) is 1. The van der Waals surface area contributed by atoms with E-state index in [-0.39, 0.29) is 6.10 Å². The van der Waals surface area contributed by atoms with Gasteiger partial charge in [-0.05, 0) is 55.5 Å². The first-order valence-electron chi connectivity index (χ1n) is 12.3. The molecule has 7 nitrogen and oxygen atoms in total. The summed E-state index contributed by atoms with van der Waals surface area (Å²) >= 11 is 0. The molecule has 1 unspecified atom stereocenters. The number of rotatable bonds is 9. The number of carbonyl (C=O) groups is 1. The molecule has 2 atom stereocenters. The summed E-state index contributed by atoms with van der Waals surface area (Å²) in [6.07, 6.45) is 9.63. The molecule has 7 heteroatoms. The van der Waals surface area contributed by atoms with Gasteiger partial charge in [0.05, 0.1) is 6.10 Å². The van der Waals surface area contributed by atoms with Crippen LogP contribution in [0.3, 0.4) is 0 Å². The number of aliphatic carboxylic acids is 1. The van der Waals surface area contributed by atoms with Crippen molar-refractivity contribution in [2.24, 2.45) is 0 Å². The average Bonchev–Trinajstić information content (AvgIpc) is 3.32. The van der Waals surface area contributed by atoms with E-state index in [2.05, 4.69) is 22.4 Å². The minimum atomic E-state index is -0.842. The Kier molecular flexibility index (Phi) is 7.02. The normalized spacial score (nSPS) is 19.0. The number of carboxylic acids is 1. The minimum absolute atomic E-state index is 0.0656. The third-order valence-electron chi connectivity index (χ3n) is 6.90. The van der Waals surface area contributed by atoms with Crippen LogP contribution in [0.5, 0.6) is 0 Å². The lowest BCUT2D eigenvalue weighted by Crippen LogP contribution is -2.33. The number of anilines is 1. The number of nitrogens with zero attached hydrogens (tertiary/aromatic N) is 3. The number of hydrogen-bond acceptors (Lipinski definition) is 6. The fraction of sp³-hybridized carbons (Fsp3) is 0.444. The van der Waals surface area contributed by atoms with Crippen molar-refractivity contribution in [1.29, 1.82) is 0 Å². The number of unbranched alkanes of at least 4 members (excludes halogenated alkanes) is 1. The lowest BCUT2D eigenvalue weighted by molar-refractivity contribution is -0.143. The summed E-state index contributed by atoms with van der Waals surface area (Å²) in [6.45, 7) is 3.03. The predicted octanol–water partition coefficient (Wildman–Crippen LogP) is 4.23. The maximum Gasteiger partial charge on any atom is 0.325 e. The van der Waals surface area contributed by atoms with E-state index in [4.69, 9.17) is 9.72 Å². The number of ether oxygens (including phenoxy) is 1. The first kappa shape index (κ1) is 22.7. The number of benzene rings is 1. The van der Waals surface area contributed by atoms with Crippen LogP contribution < -0.4 is 5.32 Å². The molecule has 2 N–H and O–H groups in total. The Bertz CT molecular complexity index is 1150. The molecular weight excluding hydrogens is 428 g/mol. The second-order valence-electron chi connectivity index (χ2n) is 9.26. The Morgan fingerprint density at radius 3 is 3.03 bits per heavy atom. The fourth-order valence-electron chi connectivity index (χ4n) is 5.13. The van der Waals surface area contributed by atoms with Crippen LogP contribution in [0.4, 0.5) is 5.82 Å². The van der Waals surface area contributed by atoms with Gasteiger partial charge in [0.15, 0.2) is 0 Å². The molecule has 34 heavy (non-hydrogen) atoms. The third-order valence-corrected chi connectivity index (χ3v) is 6.90. The predicted molar refractivity (Wildman–Crippen MR) is 132 cm³/mol. The van der Waals surface area contributed by atoms with Crippen molar-refractivity contribution in [3.05, 3.63) is 65.6 Å². The van der Waals surface area contributed by atoms with Gasteiger partial charge in [-0.3, -0.25) is 14.7 Å². The van der Waals surface area contributed by atoms with Crippen molar-refractivity contribution in [2.45, 2.75) is 50.7 Å². The Hall–Kier alpha value is -3.03. The molecule has 1 fully saturated rings. The van der Waals surface area contributed by atoms with Crippen molar-refractivity contribution in [1.82, 2.24) is 14.9 Å². The number of fused-ring (bicyclic) bond motifs is 2. The van der Waals surface area contributed by atoms with Crippen molar-refractivity contribution in [3.8, 4) is 0 Å². The lowest BCUT2D eigenvalue weighted by atomic mass is 10.0. The molecule has 5 rings (SSSR count). The van der Waals surface area contributed by atoms with Gasteiger partial charge in [0.1, 0.15) is 11.9 Å².